The van der Waals surface area contributed by atoms with E-state index >= 15 is 0 Å². The minimum atomic E-state index is -1.09. The monoisotopic (exact) mass is 452 g/mol. The van der Waals surface area contributed by atoms with Crippen molar-refractivity contribution in [1.82, 2.24) is 20.4 Å². The van der Waals surface area contributed by atoms with Gasteiger partial charge in [-0.3, -0.25) is 14.8 Å². The van der Waals surface area contributed by atoms with Crippen molar-refractivity contribution in [2.45, 2.75) is 72.1 Å². The molecule has 0 radical (unpaired) electrons. The van der Waals surface area contributed by atoms with Crippen LogP contribution in [0.4, 0.5) is 4.79 Å². The molecule has 176 valence electrons. The lowest BCUT2D eigenvalue weighted by molar-refractivity contribution is -0.149. The molecule has 0 aliphatic heterocycles. The summed E-state index contributed by atoms with van der Waals surface area (Å²) in [6.45, 7) is 7.93. The fourth-order valence-electron chi connectivity index (χ4n) is 3.90. The molecule has 1 heterocycles. The Morgan fingerprint density at radius 1 is 1.15 bits per heavy atom. The molecule has 1 unspecified atom stereocenters. The maximum Gasteiger partial charge on any atom is 0.331 e. The molecule has 1 atom stereocenters. The Kier molecular flexibility index (Phi) is 8.03. The van der Waals surface area contributed by atoms with Crippen molar-refractivity contribution in [2.24, 2.45) is 0 Å². The van der Waals surface area contributed by atoms with Crippen molar-refractivity contribution in [3.8, 4) is 0 Å². The number of aryl methyl sites for hydroxylation is 2. The van der Waals surface area contributed by atoms with Gasteiger partial charge in [-0.25, -0.2) is 9.59 Å². The van der Waals surface area contributed by atoms with Crippen LogP contribution in [0.1, 0.15) is 60.7 Å². The summed E-state index contributed by atoms with van der Waals surface area (Å²) < 4.78 is 7.05. The summed E-state index contributed by atoms with van der Waals surface area (Å²) in [5.41, 5.74) is 4.88. The highest BCUT2D eigenvalue weighted by Crippen LogP contribution is 2.18. The second-order valence-electron chi connectivity index (χ2n) is 8.58. The Morgan fingerprint density at radius 2 is 1.82 bits per heavy atom. The summed E-state index contributed by atoms with van der Waals surface area (Å²) >= 11 is 0. The first-order chi connectivity index (χ1) is 15.7. The van der Waals surface area contributed by atoms with Crippen LogP contribution in [0.15, 0.2) is 30.3 Å². The number of hydrogen-bond donors (Lipinski definition) is 2. The van der Waals surface area contributed by atoms with Gasteiger partial charge in [0.2, 0.25) is 0 Å². The van der Waals surface area contributed by atoms with Gasteiger partial charge in [-0.15, -0.1) is 0 Å². The van der Waals surface area contributed by atoms with Crippen LogP contribution >= 0.6 is 0 Å². The van der Waals surface area contributed by atoms with Crippen LogP contribution in [-0.4, -0.2) is 39.8 Å². The molecule has 2 aromatic rings. The maximum atomic E-state index is 12.2. The van der Waals surface area contributed by atoms with Crippen LogP contribution in [0, 0.1) is 20.8 Å². The Balaban J connectivity index is 1.53. The van der Waals surface area contributed by atoms with Crippen LogP contribution in [0.25, 0.3) is 6.08 Å². The van der Waals surface area contributed by atoms with Crippen LogP contribution < -0.4 is 10.6 Å². The zero-order valence-electron chi connectivity index (χ0n) is 19.7. The van der Waals surface area contributed by atoms with E-state index in [0.29, 0.717) is 6.54 Å². The molecule has 8 nitrogen and oxygen atoms in total. The summed E-state index contributed by atoms with van der Waals surface area (Å²) in [5.74, 6) is -1.33. The lowest BCUT2D eigenvalue weighted by Crippen LogP contribution is -2.47. The van der Waals surface area contributed by atoms with Gasteiger partial charge in [-0.2, -0.15) is 5.10 Å². The normalized spacial score (nSPS) is 14.9. The van der Waals surface area contributed by atoms with Gasteiger partial charge in [0.05, 0.1) is 12.2 Å². The molecule has 0 saturated heterocycles. The van der Waals surface area contributed by atoms with Crippen LogP contribution in [0.3, 0.4) is 0 Å². The van der Waals surface area contributed by atoms with E-state index in [0.717, 1.165) is 48.2 Å². The number of amides is 3. The van der Waals surface area contributed by atoms with Gasteiger partial charge < -0.3 is 10.1 Å². The maximum absolute atomic E-state index is 12.2. The molecular formula is C25H32N4O4. The summed E-state index contributed by atoms with van der Waals surface area (Å²) in [6.07, 6.45) is 5.79. The number of benzene rings is 1. The molecule has 0 bridgehead atoms. The van der Waals surface area contributed by atoms with Gasteiger partial charge in [0.15, 0.2) is 6.10 Å². The Labute approximate surface area is 194 Å². The van der Waals surface area contributed by atoms with Crippen molar-refractivity contribution in [3.63, 3.8) is 0 Å². The predicted octanol–water partition coefficient (Wildman–Crippen LogP) is 3.57. The van der Waals surface area contributed by atoms with E-state index in [1.54, 1.807) is 6.08 Å². The predicted molar refractivity (Wildman–Crippen MR) is 126 cm³/mol. The van der Waals surface area contributed by atoms with Crippen molar-refractivity contribution in [3.05, 3.63) is 58.4 Å². The van der Waals surface area contributed by atoms with Crippen molar-refractivity contribution in [1.29, 1.82) is 0 Å². The van der Waals surface area contributed by atoms with Crippen LogP contribution in [0.2, 0.25) is 0 Å². The molecule has 1 aliphatic rings. The molecule has 33 heavy (non-hydrogen) atoms. The molecule has 8 heteroatoms. The average molecular weight is 453 g/mol. The van der Waals surface area contributed by atoms with E-state index in [9.17, 15) is 14.4 Å². The molecule has 1 saturated carbocycles. The van der Waals surface area contributed by atoms with Crippen molar-refractivity contribution < 1.29 is 19.1 Å². The number of aromatic nitrogens is 2. The number of ether oxygens (including phenoxy) is 1. The van der Waals surface area contributed by atoms with Gasteiger partial charge in [0.25, 0.3) is 5.91 Å². The number of nitrogens with zero attached hydrogens (tertiary/aromatic N) is 2. The molecule has 1 aliphatic carbocycles. The third kappa shape index (κ3) is 6.78. The van der Waals surface area contributed by atoms with Gasteiger partial charge in [0, 0.05) is 23.4 Å². The van der Waals surface area contributed by atoms with Gasteiger partial charge >= 0.3 is 12.0 Å². The van der Waals surface area contributed by atoms with Gasteiger partial charge in [-0.05, 0) is 52.2 Å². The minimum absolute atomic E-state index is 0.0944. The first-order valence-electron chi connectivity index (χ1n) is 11.3. The van der Waals surface area contributed by atoms with Gasteiger partial charge in [-0.1, -0.05) is 42.7 Å². The molecule has 1 fully saturated rings. The lowest BCUT2D eigenvalue weighted by atomic mass is 10.1. The second-order valence-corrected chi connectivity index (χ2v) is 8.58. The van der Waals surface area contributed by atoms with Crippen molar-refractivity contribution >= 4 is 24.0 Å². The lowest BCUT2D eigenvalue weighted by Gasteiger charge is -2.15. The molecule has 2 N–H and O–H groups in total. The highest BCUT2D eigenvalue weighted by molar-refractivity contribution is 5.98. The van der Waals surface area contributed by atoms with Gasteiger partial charge in [0.1, 0.15) is 0 Å². The quantitative estimate of drug-likeness (QED) is 0.494. The molecule has 3 rings (SSSR count). The zero-order chi connectivity index (χ0) is 24.0. The highest BCUT2D eigenvalue weighted by atomic mass is 16.5. The SMILES string of the molecule is Cc1ccc(Cn2nc(C)c(/C=C/C(=O)OC(C)C(=O)NC(=O)NC3CCCC3)c2C)cc1. The molecule has 1 aromatic carbocycles. The summed E-state index contributed by atoms with van der Waals surface area (Å²) in [7, 11) is 0. The average Bonchev–Trinajstić information content (AvgIpc) is 3.36. The van der Waals surface area contributed by atoms with E-state index in [1.165, 1.54) is 18.6 Å². The second kappa shape index (κ2) is 10.9. The summed E-state index contributed by atoms with van der Waals surface area (Å²) in [6, 6.07) is 7.80. The van der Waals surface area contributed by atoms with E-state index in [-0.39, 0.29) is 6.04 Å². The number of rotatable bonds is 7. The minimum Gasteiger partial charge on any atom is -0.449 e. The number of urea groups is 1. The Morgan fingerprint density at radius 3 is 2.48 bits per heavy atom. The van der Waals surface area contributed by atoms with E-state index in [2.05, 4.69) is 40.0 Å². The molecule has 3 amide bonds. The zero-order valence-corrected chi connectivity index (χ0v) is 19.7. The first kappa shape index (κ1) is 24.2. The summed E-state index contributed by atoms with van der Waals surface area (Å²) in [5, 5.41) is 9.57. The van der Waals surface area contributed by atoms with E-state index in [1.807, 2.05) is 25.5 Å². The van der Waals surface area contributed by atoms with Crippen LogP contribution in [0.5, 0.6) is 0 Å². The number of carbonyl (C=O) groups excluding carboxylic acids is 3. The van der Waals surface area contributed by atoms with Crippen LogP contribution in [-0.2, 0) is 20.9 Å². The fraction of sp³-hybridized carbons (Fsp3) is 0.440. The highest BCUT2D eigenvalue weighted by Gasteiger charge is 2.22. The number of nitrogens with one attached hydrogen (secondary N) is 2. The molecule has 1 aromatic heterocycles. The largest absolute Gasteiger partial charge is 0.449 e. The Bertz CT molecular complexity index is 1030. The molecule has 0 spiro atoms. The number of esters is 1. The number of carbonyl (C=O) groups is 3. The van der Waals surface area contributed by atoms with E-state index in [4.69, 9.17) is 4.74 Å². The number of imide groups is 1. The summed E-state index contributed by atoms with van der Waals surface area (Å²) in [4.78, 5) is 36.3. The first-order valence-corrected chi connectivity index (χ1v) is 11.3. The Hall–Kier alpha value is -3.42. The molecular weight excluding hydrogens is 420 g/mol. The third-order valence-electron chi connectivity index (χ3n) is 5.87. The number of hydrogen-bond acceptors (Lipinski definition) is 5. The third-order valence-corrected chi connectivity index (χ3v) is 5.87. The van der Waals surface area contributed by atoms with E-state index < -0.39 is 24.0 Å². The fourth-order valence-corrected chi connectivity index (χ4v) is 3.90. The smallest absolute Gasteiger partial charge is 0.331 e. The topological polar surface area (TPSA) is 102 Å². The standard InChI is InChI=1S/C25H32N4O4/c1-16-9-11-20(12-10-16)15-29-18(3)22(17(2)28-29)13-14-23(30)33-19(4)24(31)27-25(32)26-21-7-5-6-8-21/h9-14,19,21H,5-8,15H2,1-4H3,(H2,26,27,31,32)/b14-13+. The van der Waals surface area contributed by atoms with Crippen molar-refractivity contribution in [2.75, 3.05) is 0 Å².